The molecular formula is C25H32N4O3S. The summed E-state index contributed by atoms with van der Waals surface area (Å²) in [6.45, 7) is 3.97. The zero-order valence-electron chi connectivity index (χ0n) is 19.1. The van der Waals surface area contributed by atoms with Gasteiger partial charge in [-0.25, -0.2) is 13.1 Å². The number of aromatic nitrogens is 2. The number of benzene rings is 1. The molecule has 4 rings (SSSR count). The molecule has 1 fully saturated rings. The Morgan fingerprint density at radius 2 is 1.85 bits per heavy atom. The number of hydrogen-bond acceptors (Lipinski definition) is 4. The van der Waals surface area contributed by atoms with Crippen LogP contribution >= 0.6 is 0 Å². The van der Waals surface area contributed by atoms with E-state index in [1.54, 1.807) is 18.3 Å². The molecular weight excluding hydrogens is 436 g/mol. The fourth-order valence-electron chi connectivity index (χ4n) is 4.66. The molecule has 1 aromatic heterocycles. The number of hydrogen-bond donors (Lipinski definition) is 2. The van der Waals surface area contributed by atoms with Crippen LogP contribution in [0.4, 0.5) is 0 Å². The second kappa shape index (κ2) is 10.1. The molecule has 2 N–H and O–H groups in total. The van der Waals surface area contributed by atoms with E-state index in [4.69, 9.17) is 0 Å². The van der Waals surface area contributed by atoms with Crippen LogP contribution in [-0.4, -0.2) is 30.1 Å². The summed E-state index contributed by atoms with van der Waals surface area (Å²) in [4.78, 5) is 13.0. The lowest BCUT2D eigenvalue weighted by Gasteiger charge is -2.30. The average molecular weight is 469 g/mol. The summed E-state index contributed by atoms with van der Waals surface area (Å²) >= 11 is 0. The monoisotopic (exact) mass is 468 g/mol. The first-order valence-corrected chi connectivity index (χ1v) is 13.1. The first-order valence-electron chi connectivity index (χ1n) is 11.6. The van der Waals surface area contributed by atoms with E-state index >= 15 is 0 Å². The van der Waals surface area contributed by atoms with Crippen molar-refractivity contribution in [1.29, 1.82) is 0 Å². The molecule has 0 spiro atoms. The molecule has 2 aromatic rings. The molecule has 1 aromatic carbocycles. The smallest absolute Gasteiger partial charge is 0.240 e. The highest BCUT2D eigenvalue weighted by Gasteiger charge is 2.31. The van der Waals surface area contributed by atoms with Crippen molar-refractivity contribution in [2.45, 2.75) is 57.7 Å². The Morgan fingerprint density at radius 1 is 1.12 bits per heavy atom. The first-order chi connectivity index (χ1) is 15.8. The minimum Gasteiger partial charge on any atom is -0.349 e. The van der Waals surface area contributed by atoms with Crippen molar-refractivity contribution in [2.24, 2.45) is 11.8 Å². The van der Waals surface area contributed by atoms with Crippen molar-refractivity contribution in [1.82, 2.24) is 19.8 Å². The topological polar surface area (TPSA) is 93.1 Å². The van der Waals surface area contributed by atoms with E-state index in [-0.39, 0.29) is 35.9 Å². The fourth-order valence-corrected chi connectivity index (χ4v) is 6.13. The SMILES string of the molecule is CC1C=C(S(=O)(=O)NC2CCC(C(=O)N[C@H](C)c3ccccc3)CC2)C=CC1n1cccn1. The van der Waals surface area contributed by atoms with Gasteiger partial charge in [-0.2, -0.15) is 5.10 Å². The first kappa shape index (κ1) is 23.4. The highest BCUT2D eigenvalue weighted by Crippen LogP contribution is 2.30. The summed E-state index contributed by atoms with van der Waals surface area (Å²) in [7, 11) is -3.61. The summed E-state index contributed by atoms with van der Waals surface area (Å²) < 4.78 is 30.6. The lowest BCUT2D eigenvalue weighted by molar-refractivity contribution is -0.126. The van der Waals surface area contributed by atoms with E-state index in [2.05, 4.69) is 15.1 Å². The maximum atomic E-state index is 13.0. The van der Waals surface area contributed by atoms with Crippen molar-refractivity contribution in [2.75, 3.05) is 0 Å². The summed E-state index contributed by atoms with van der Waals surface area (Å²) in [6, 6.07) is 11.5. The number of nitrogens with zero attached hydrogens (tertiary/aromatic N) is 2. The minimum absolute atomic E-state index is 0.00572. The number of amides is 1. The largest absolute Gasteiger partial charge is 0.349 e. The molecule has 1 saturated carbocycles. The zero-order chi connectivity index (χ0) is 23.4. The lowest BCUT2D eigenvalue weighted by Crippen LogP contribution is -2.41. The average Bonchev–Trinajstić information content (AvgIpc) is 3.34. The number of carbonyl (C=O) groups is 1. The normalized spacial score (nSPS) is 26.4. The third-order valence-electron chi connectivity index (χ3n) is 6.64. The van der Waals surface area contributed by atoms with Gasteiger partial charge in [-0.05, 0) is 50.3 Å². The number of sulfonamides is 1. The van der Waals surface area contributed by atoms with E-state index in [1.165, 1.54) is 0 Å². The second-order valence-corrected chi connectivity index (χ2v) is 10.8. The number of allylic oxidation sites excluding steroid dienone is 3. The third kappa shape index (κ3) is 5.62. The molecule has 0 saturated heterocycles. The maximum absolute atomic E-state index is 13.0. The van der Waals surface area contributed by atoms with Crippen molar-refractivity contribution >= 4 is 15.9 Å². The van der Waals surface area contributed by atoms with Crippen LogP contribution in [0.2, 0.25) is 0 Å². The van der Waals surface area contributed by atoms with Gasteiger partial charge in [0.05, 0.1) is 17.0 Å². The van der Waals surface area contributed by atoms with Crippen LogP contribution in [-0.2, 0) is 14.8 Å². The van der Waals surface area contributed by atoms with Gasteiger partial charge in [0, 0.05) is 30.3 Å². The van der Waals surface area contributed by atoms with Crippen LogP contribution in [0.25, 0.3) is 0 Å². The number of carbonyl (C=O) groups excluding carboxylic acids is 1. The molecule has 176 valence electrons. The summed E-state index contributed by atoms with van der Waals surface area (Å²) in [5.74, 6) is -0.0304. The molecule has 2 unspecified atom stereocenters. The maximum Gasteiger partial charge on any atom is 0.240 e. The van der Waals surface area contributed by atoms with Gasteiger partial charge in [0.15, 0.2) is 0 Å². The van der Waals surface area contributed by atoms with Crippen molar-refractivity contribution in [3.05, 3.63) is 77.5 Å². The van der Waals surface area contributed by atoms with E-state index in [0.717, 1.165) is 5.56 Å². The lowest BCUT2D eigenvalue weighted by atomic mass is 9.85. The fraction of sp³-hybridized carbons (Fsp3) is 0.440. The van der Waals surface area contributed by atoms with Crippen LogP contribution in [0.3, 0.4) is 0 Å². The van der Waals surface area contributed by atoms with Crippen LogP contribution in [0.1, 0.15) is 57.2 Å². The molecule has 7 nitrogen and oxygen atoms in total. The summed E-state index contributed by atoms with van der Waals surface area (Å²) in [5, 5.41) is 7.36. The van der Waals surface area contributed by atoms with E-state index in [0.29, 0.717) is 30.6 Å². The molecule has 2 aliphatic rings. The van der Waals surface area contributed by atoms with Gasteiger partial charge in [0.1, 0.15) is 0 Å². The molecule has 2 aliphatic carbocycles. The van der Waals surface area contributed by atoms with E-state index in [1.807, 2.05) is 67.2 Å². The van der Waals surface area contributed by atoms with Gasteiger partial charge in [0.2, 0.25) is 15.9 Å². The Hall–Kier alpha value is -2.71. The van der Waals surface area contributed by atoms with Crippen molar-refractivity contribution in [3.63, 3.8) is 0 Å². The minimum atomic E-state index is -3.61. The molecule has 0 bridgehead atoms. The van der Waals surface area contributed by atoms with Crippen molar-refractivity contribution in [3.8, 4) is 0 Å². The Labute approximate surface area is 196 Å². The van der Waals surface area contributed by atoms with Crippen molar-refractivity contribution < 1.29 is 13.2 Å². The highest BCUT2D eigenvalue weighted by molar-refractivity contribution is 7.93. The third-order valence-corrected chi connectivity index (χ3v) is 8.18. The molecule has 1 amide bonds. The standard InChI is InChI=1S/C25H32N4O3S/c1-18-17-23(13-14-24(18)29-16-6-15-26-29)33(31,32)28-22-11-9-21(10-12-22)25(30)27-19(2)20-7-4-3-5-8-20/h3-8,13-19,21-22,24,28H,9-12H2,1-2H3,(H,27,30)/t18?,19-,21?,22?,24?/m1/s1. The molecule has 33 heavy (non-hydrogen) atoms. The predicted molar refractivity (Wildman–Crippen MR) is 128 cm³/mol. The Bertz CT molecular complexity index is 1100. The molecule has 8 heteroatoms. The Morgan fingerprint density at radius 3 is 2.48 bits per heavy atom. The van der Waals surface area contributed by atoms with Crippen LogP contribution in [0.15, 0.2) is 71.9 Å². The molecule has 0 radical (unpaired) electrons. The van der Waals surface area contributed by atoms with Gasteiger partial charge in [-0.1, -0.05) is 49.4 Å². The molecule has 1 heterocycles. The van der Waals surface area contributed by atoms with E-state index < -0.39 is 10.0 Å². The highest BCUT2D eigenvalue weighted by atomic mass is 32.2. The van der Waals surface area contributed by atoms with Crippen LogP contribution in [0.5, 0.6) is 0 Å². The number of rotatable bonds is 7. The van der Waals surface area contributed by atoms with E-state index in [9.17, 15) is 13.2 Å². The number of nitrogens with one attached hydrogen (secondary N) is 2. The summed E-state index contributed by atoms with van der Waals surface area (Å²) in [5.41, 5.74) is 1.07. The van der Waals surface area contributed by atoms with Gasteiger partial charge in [-0.15, -0.1) is 0 Å². The quantitative estimate of drug-likeness (QED) is 0.645. The molecule has 0 aliphatic heterocycles. The zero-order valence-corrected chi connectivity index (χ0v) is 19.9. The van der Waals surface area contributed by atoms with Gasteiger partial charge in [-0.3, -0.25) is 9.48 Å². The summed E-state index contributed by atoms with van der Waals surface area (Å²) in [6.07, 6.45) is 11.6. The van der Waals surface area contributed by atoms with Crippen LogP contribution < -0.4 is 10.0 Å². The second-order valence-electron chi connectivity index (χ2n) is 9.07. The predicted octanol–water partition coefficient (Wildman–Crippen LogP) is 3.87. The molecule has 3 atom stereocenters. The Kier molecular flexibility index (Phi) is 7.14. The van der Waals surface area contributed by atoms with Gasteiger partial charge < -0.3 is 5.32 Å². The van der Waals surface area contributed by atoms with Gasteiger partial charge >= 0.3 is 0 Å². The Balaban J connectivity index is 1.29. The van der Waals surface area contributed by atoms with Gasteiger partial charge in [0.25, 0.3) is 0 Å². The van der Waals surface area contributed by atoms with Crippen LogP contribution in [0, 0.1) is 11.8 Å².